The number of fused-ring (bicyclic) bond motifs is 1. The summed E-state index contributed by atoms with van der Waals surface area (Å²) in [7, 11) is -3.12. The van der Waals surface area contributed by atoms with E-state index in [0.717, 1.165) is 94.0 Å². The van der Waals surface area contributed by atoms with Gasteiger partial charge in [-0.25, -0.2) is 22.5 Å². The summed E-state index contributed by atoms with van der Waals surface area (Å²) in [6, 6.07) is 27.0. The first-order valence-corrected chi connectivity index (χ1v) is 27.6. The molecule has 0 radical (unpaired) electrons. The van der Waals surface area contributed by atoms with Crippen molar-refractivity contribution in [2.45, 2.75) is 107 Å². The molecule has 4 fully saturated rings. The largest absolute Gasteiger partial charge is 0.494 e. The van der Waals surface area contributed by atoms with E-state index in [-0.39, 0.29) is 45.9 Å². The first-order chi connectivity index (χ1) is 35.9. The van der Waals surface area contributed by atoms with Crippen molar-refractivity contribution in [1.29, 1.82) is 0 Å². The van der Waals surface area contributed by atoms with Crippen molar-refractivity contribution < 1.29 is 37.1 Å². The Balaban J connectivity index is 0.831. The van der Waals surface area contributed by atoms with Gasteiger partial charge in [-0.05, 0) is 141 Å². The van der Waals surface area contributed by atoms with Gasteiger partial charge in [0, 0.05) is 87.3 Å². The van der Waals surface area contributed by atoms with E-state index in [9.17, 15) is 32.8 Å². The fraction of sp³-hybridized carbons (Fsp3) is 0.439. The topological polar surface area (TPSA) is 195 Å². The van der Waals surface area contributed by atoms with Gasteiger partial charge < -0.3 is 29.8 Å². The number of nitro groups is 1. The number of anilines is 2. The van der Waals surface area contributed by atoms with E-state index in [4.69, 9.17) is 9.47 Å². The summed E-state index contributed by atoms with van der Waals surface area (Å²) in [4.78, 5) is 40.2. The highest BCUT2D eigenvalue weighted by atomic mass is 32.2. The Morgan fingerprint density at radius 1 is 0.960 bits per heavy atom. The second-order valence-corrected chi connectivity index (χ2v) is 23.5. The van der Waals surface area contributed by atoms with E-state index in [1.807, 2.05) is 19.1 Å². The molecule has 396 valence electrons. The smallest absolute Gasteiger partial charge is 0.293 e. The van der Waals surface area contributed by atoms with Gasteiger partial charge in [0.25, 0.3) is 21.6 Å². The number of nitrogens with one attached hydrogen (secondary N) is 3. The molecule has 1 unspecified atom stereocenters. The van der Waals surface area contributed by atoms with E-state index in [1.54, 1.807) is 42.6 Å². The summed E-state index contributed by atoms with van der Waals surface area (Å²) in [6.07, 6.45) is 10.2. The number of aromatic nitrogens is 2. The highest BCUT2D eigenvalue weighted by molar-refractivity contribution is 7.90. The lowest BCUT2D eigenvalue weighted by molar-refractivity contribution is -0.384. The number of carbonyl (C=O) groups is 1. The number of aromatic amines is 1. The van der Waals surface area contributed by atoms with Crippen molar-refractivity contribution in [2.75, 3.05) is 56.6 Å². The number of hydrogen-bond donors (Lipinski definition) is 4. The third-order valence-electron chi connectivity index (χ3n) is 16.4. The van der Waals surface area contributed by atoms with Crippen LogP contribution in [0, 0.1) is 27.3 Å². The van der Waals surface area contributed by atoms with Gasteiger partial charge in [-0.1, -0.05) is 44.2 Å². The number of methoxy groups -OCH3 is 1. The second kappa shape index (κ2) is 21.2. The maximum atomic E-state index is 14.8. The van der Waals surface area contributed by atoms with E-state index >= 15 is 0 Å². The average Bonchev–Trinajstić information content (AvgIpc) is 3.86. The number of hydrogen-bond acceptors (Lipinski definition) is 13. The Kier molecular flexibility index (Phi) is 14.7. The summed E-state index contributed by atoms with van der Waals surface area (Å²) in [6.45, 7) is 11.6. The number of benzene rings is 4. The zero-order valence-electron chi connectivity index (χ0n) is 43.1. The van der Waals surface area contributed by atoms with Crippen LogP contribution in [-0.4, -0.2) is 102 Å². The van der Waals surface area contributed by atoms with Gasteiger partial charge in [-0.3, -0.25) is 24.7 Å². The van der Waals surface area contributed by atoms with Crippen LogP contribution in [0.4, 0.5) is 21.5 Å². The Morgan fingerprint density at radius 2 is 1.73 bits per heavy atom. The molecular formula is C57H67FN8O8S. The number of nitro benzene ring substituents is 1. The molecule has 2 aliphatic heterocycles. The average molecular weight is 1040 g/mol. The minimum atomic E-state index is -4.60. The Bertz CT molecular complexity index is 3180. The summed E-state index contributed by atoms with van der Waals surface area (Å²) in [5.41, 5.74) is 4.26. The van der Waals surface area contributed by atoms with Crippen LogP contribution in [0.2, 0.25) is 0 Å². The number of H-pyrrole nitrogens is 1. The van der Waals surface area contributed by atoms with Crippen LogP contribution < -0.4 is 24.4 Å². The molecule has 1 atom stereocenters. The molecule has 6 aromatic rings. The quantitative estimate of drug-likeness (QED) is 0.0529. The van der Waals surface area contributed by atoms with Crippen LogP contribution in [0.3, 0.4) is 0 Å². The number of piperidine rings is 1. The van der Waals surface area contributed by atoms with Crippen LogP contribution in [0.15, 0.2) is 108 Å². The number of nitrogens with zero attached hydrogens (tertiary/aromatic N) is 5. The molecule has 4 N–H and O–H groups in total. The Hall–Kier alpha value is -6.60. The lowest BCUT2D eigenvalue weighted by atomic mass is 9.59. The minimum Gasteiger partial charge on any atom is -0.494 e. The zero-order valence-corrected chi connectivity index (χ0v) is 43.9. The molecule has 4 aliphatic rings. The molecular weight excluding hydrogens is 976 g/mol. The normalized spacial score (nSPS) is 21.5. The fourth-order valence-electron chi connectivity index (χ4n) is 12.0. The van der Waals surface area contributed by atoms with Crippen molar-refractivity contribution in [3.05, 3.63) is 142 Å². The van der Waals surface area contributed by atoms with E-state index in [2.05, 4.69) is 72.8 Å². The summed E-state index contributed by atoms with van der Waals surface area (Å²) >= 11 is 0. The van der Waals surface area contributed by atoms with E-state index in [0.29, 0.717) is 49.3 Å². The first kappa shape index (κ1) is 51.9. The summed E-state index contributed by atoms with van der Waals surface area (Å²) < 4.78 is 56.2. The highest BCUT2D eigenvalue weighted by Crippen LogP contribution is 2.53. The number of sulfonamides is 1. The summed E-state index contributed by atoms with van der Waals surface area (Å²) in [5.74, 6) is -0.0399. The number of aliphatic hydroxyl groups is 1. The van der Waals surface area contributed by atoms with Crippen molar-refractivity contribution in [2.24, 2.45) is 11.3 Å². The van der Waals surface area contributed by atoms with Gasteiger partial charge in [-0.2, -0.15) is 0 Å². The molecule has 2 saturated carbocycles. The predicted molar refractivity (Wildman–Crippen MR) is 287 cm³/mol. The molecule has 0 bridgehead atoms. The lowest BCUT2D eigenvalue weighted by Crippen LogP contribution is -2.60. The van der Waals surface area contributed by atoms with Crippen LogP contribution in [-0.2, 0) is 16.6 Å². The van der Waals surface area contributed by atoms with Gasteiger partial charge >= 0.3 is 0 Å². The monoisotopic (exact) mass is 1040 g/mol. The third kappa shape index (κ3) is 11.3. The number of halogens is 1. The Labute approximate surface area is 437 Å². The van der Waals surface area contributed by atoms with Gasteiger partial charge in [0.2, 0.25) is 0 Å². The van der Waals surface area contributed by atoms with Crippen molar-refractivity contribution in [3.8, 4) is 17.2 Å². The molecule has 1 amide bonds. The molecule has 4 aromatic carbocycles. The molecule has 2 saturated heterocycles. The molecule has 16 nitrogen and oxygen atoms in total. The molecule has 2 aliphatic carbocycles. The number of rotatable bonds is 16. The standard InChI is InChI=1S/C57H67FN8O8S/c1-37(2)45-7-5-6-8-46(45)51-36-63(35-39-9-14-52(73-4)48(58)27-39)25-26-65(51)42-31-57(32-42)20-23-64(24-21-57)41-10-12-47(53(29-41)74-43-28-40-17-22-59-54(40)61-34-43)55(67)62-75(71,72)44-11-13-49(50(30-44)66(69)70)60-33-38-15-18-56(3,68)19-16-38/h5-14,17,22,27-30,34,37-38,42,51,60,68H,15-16,18-21,23-26,31-33,35-36H2,1-4H3,(H,59,61)(H,62,67)/t38-,51?,56-. The first-order valence-electron chi connectivity index (χ1n) is 26.2. The van der Waals surface area contributed by atoms with Crippen LogP contribution in [0.5, 0.6) is 17.2 Å². The number of carbonyl (C=O) groups excluding carboxylic acids is 1. The number of amides is 1. The number of ether oxygens (including phenoxy) is 2. The Morgan fingerprint density at radius 3 is 2.47 bits per heavy atom. The van der Waals surface area contributed by atoms with Crippen molar-refractivity contribution in [3.63, 3.8) is 0 Å². The van der Waals surface area contributed by atoms with Crippen LogP contribution in [0.25, 0.3) is 11.0 Å². The van der Waals surface area contributed by atoms with Gasteiger partial charge in [0.15, 0.2) is 11.6 Å². The maximum Gasteiger partial charge on any atom is 0.293 e. The molecule has 10 rings (SSSR count). The van der Waals surface area contributed by atoms with Crippen LogP contribution in [0.1, 0.15) is 111 Å². The third-order valence-corrected chi connectivity index (χ3v) is 17.7. The fourth-order valence-corrected chi connectivity index (χ4v) is 13.0. The van der Waals surface area contributed by atoms with Crippen LogP contribution >= 0.6 is 0 Å². The molecule has 2 aromatic heterocycles. The van der Waals surface area contributed by atoms with Crippen molar-refractivity contribution >= 4 is 44.0 Å². The molecule has 1 spiro atoms. The summed E-state index contributed by atoms with van der Waals surface area (Å²) in [5, 5.41) is 26.5. The molecule has 4 heterocycles. The number of piperazine rings is 1. The second-order valence-electron chi connectivity index (χ2n) is 21.9. The van der Waals surface area contributed by atoms with E-state index < -0.39 is 37.0 Å². The maximum absolute atomic E-state index is 14.8. The molecule has 75 heavy (non-hydrogen) atoms. The lowest BCUT2D eigenvalue weighted by Gasteiger charge is -2.58. The van der Waals surface area contributed by atoms with Crippen molar-refractivity contribution in [1.82, 2.24) is 24.5 Å². The van der Waals surface area contributed by atoms with Gasteiger partial charge in [0.05, 0.1) is 34.3 Å². The van der Waals surface area contributed by atoms with Gasteiger partial charge in [0.1, 0.15) is 22.8 Å². The predicted octanol–water partition coefficient (Wildman–Crippen LogP) is 10.3. The van der Waals surface area contributed by atoms with E-state index in [1.165, 1.54) is 36.6 Å². The molecule has 18 heteroatoms. The number of pyridine rings is 1. The minimum absolute atomic E-state index is 0.0455. The SMILES string of the molecule is COc1ccc(CN2CCN(C3CC4(CCN(c5ccc(C(=O)NS(=O)(=O)c6ccc(NC[C@H]7CC[C@](C)(O)CC7)c([N+](=O)[O-])c6)c(Oc6cnc7[nH]ccc7c6)c5)CC4)C3)C(c3ccccc3C(C)C)C2)cc1F. The van der Waals surface area contributed by atoms with Gasteiger partial charge in [-0.15, -0.1) is 0 Å². The zero-order chi connectivity index (χ0) is 52.6. The highest BCUT2D eigenvalue weighted by Gasteiger charge is 2.50.